The second-order valence-electron chi connectivity index (χ2n) is 14.9. The molecular weight excluding hydrogens is 697 g/mol. The van der Waals surface area contributed by atoms with E-state index in [0.717, 1.165) is 109 Å². The number of allylic oxidation sites excluding steroid dienone is 12. The van der Waals surface area contributed by atoms with Gasteiger partial charge in [0.15, 0.2) is 6.10 Å². The summed E-state index contributed by atoms with van der Waals surface area (Å²) in [5, 5.41) is 0. The van der Waals surface area contributed by atoms with Crippen LogP contribution in [0.3, 0.4) is 0 Å². The van der Waals surface area contributed by atoms with Crippen LogP contribution < -0.4 is 0 Å². The van der Waals surface area contributed by atoms with Crippen molar-refractivity contribution in [2.24, 2.45) is 0 Å². The van der Waals surface area contributed by atoms with Gasteiger partial charge < -0.3 is 14.2 Å². The van der Waals surface area contributed by atoms with E-state index in [1.807, 2.05) is 0 Å². The van der Waals surface area contributed by atoms with Crippen LogP contribution in [0.1, 0.15) is 207 Å². The number of hydrogen-bond acceptors (Lipinski definition) is 6. The second-order valence-corrected chi connectivity index (χ2v) is 14.9. The molecular formula is C50H84O6. The highest BCUT2D eigenvalue weighted by atomic mass is 16.6. The Morgan fingerprint density at radius 1 is 0.375 bits per heavy atom. The van der Waals surface area contributed by atoms with Crippen LogP contribution in [-0.2, 0) is 28.6 Å². The van der Waals surface area contributed by atoms with Gasteiger partial charge in [-0.2, -0.15) is 0 Å². The Balaban J connectivity index is 4.42. The summed E-state index contributed by atoms with van der Waals surface area (Å²) in [6.07, 6.45) is 54.7. The van der Waals surface area contributed by atoms with Crippen LogP contribution in [-0.4, -0.2) is 37.2 Å². The van der Waals surface area contributed by atoms with Gasteiger partial charge in [0.05, 0.1) is 0 Å². The van der Waals surface area contributed by atoms with E-state index in [1.54, 1.807) is 0 Å². The number of rotatable bonds is 40. The zero-order chi connectivity index (χ0) is 40.8. The zero-order valence-electron chi connectivity index (χ0n) is 36.4. The highest BCUT2D eigenvalue weighted by molar-refractivity contribution is 5.71. The van der Waals surface area contributed by atoms with Gasteiger partial charge in [-0.15, -0.1) is 0 Å². The van der Waals surface area contributed by atoms with Crippen LogP contribution in [0.4, 0.5) is 0 Å². The minimum Gasteiger partial charge on any atom is -0.462 e. The Hall–Kier alpha value is -3.15. The summed E-state index contributed by atoms with van der Waals surface area (Å²) < 4.78 is 16.6. The molecule has 0 N–H and O–H groups in total. The number of carbonyl (C=O) groups excluding carboxylic acids is 3. The van der Waals surface area contributed by atoms with E-state index in [4.69, 9.17) is 14.2 Å². The van der Waals surface area contributed by atoms with Crippen molar-refractivity contribution in [2.45, 2.75) is 213 Å². The van der Waals surface area contributed by atoms with Crippen molar-refractivity contribution < 1.29 is 28.6 Å². The summed E-state index contributed by atoms with van der Waals surface area (Å²) in [6, 6.07) is 0. The Labute approximate surface area is 344 Å². The summed E-state index contributed by atoms with van der Waals surface area (Å²) in [5.41, 5.74) is 0. The molecule has 1 atom stereocenters. The summed E-state index contributed by atoms with van der Waals surface area (Å²) in [5.74, 6) is -0.971. The van der Waals surface area contributed by atoms with Crippen molar-refractivity contribution >= 4 is 17.9 Å². The van der Waals surface area contributed by atoms with Crippen molar-refractivity contribution in [3.05, 3.63) is 72.9 Å². The Kier molecular flexibility index (Phi) is 42.1. The van der Waals surface area contributed by atoms with Crippen LogP contribution in [0.25, 0.3) is 0 Å². The van der Waals surface area contributed by atoms with Gasteiger partial charge in [0, 0.05) is 19.3 Å². The molecule has 0 radical (unpaired) electrons. The maximum absolute atomic E-state index is 12.7. The van der Waals surface area contributed by atoms with Crippen LogP contribution in [0, 0.1) is 0 Å². The summed E-state index contributed by atoms with van der Waals surface area (Å²) in [7, 11) is 0. The lowest BCUT2D eigenvalue weighted by Gasteiger charge is -2.18. The van der Waals surface area contributed by atoms with Crippen molar-refractivity contribution in [3.8, 4) is 0 Å². The van der Waals surface area contributed by atoms with Crippen molar-refractivity contribution in [1.29, 1.82) is 0 Å². The van der Waals surface area contributed by atoms with E-state index in [0.29, 0.717) is 19.3 Å². The average Bonchev–Trinajstić information content (AvgIpc) is 3.19. The van der Waals surface area contributed by atoms with Gasteiger partial charge >= 0.3 is 17.9 Å². The molecule has 0 aromatic rings. The van der Waals surface area contributed by atoms with Crippen LogP contribution in [0.5, 0.6) is 0 Å². The Bertz CT molecular complexity index is 1080. The number of carbonyl (C=O) groups is 3. The molecule has 0 aliphatic rings. The van der Waals surface area contributed by atoms with Gasteiger partial charge in [-0.1, -0.05) is 158 Å². The first-order chi connectivity index (χ1) is 27.5. The summed E-state index contributed by atoms with van der Waals surface area (Å²) in [6.45, 7) is 6.32. The maximum atomic E-state index is 12.7. The molecule has 0 aliphatic heterocycles. The number of esters is 3. The monoisotopic (exact) mass is 781 g/mol. The lowest BCUT2D eigenvalue weighted by atomic mass is 10.1. The van der Waals surface area contributed by atoms with E-state index in [9.17, 15) is 14.4 Å². The highest BCUT2D eigenvalue weighted by Crippen LogP contribution is 2.12. The molecule has 0 rings (SSSR count). The van der Waals surface area contributed by atoms with Gasteiger partial charge in [-0.05, 0) is 103 Å². The first-order valence-corrected chi connectivity index (χ1v) is 22.9. The largest absolute Gasteiger partial charge is 0.462 e. The van der Waals surface area contributed by atoms with Crippen LogP contribution in [0.15, 0.2) is 72.9 Å². The summed E-state index contributed by atoms with van der Waals surface area (Å²) >= 11 is 0. The Morgan fingerprint density at radius 2 is 0.696 bits per heavy atom. The van der Waals surface area contributed by atoms with Gasteiger partial charge in [-0.3, -0.25) is 14.4 Å². The molecule has 6 nitrogen and oxygen atoms in total. The molecule has 0 amide bonds. The fourth-order valence-corrected chi connectivity index (χ4v) is 6.02. The van der Waals surface area contributed by atoms with Crippen LogP contribution in [0.2, 0.25) is 0 Å². The molecule has 0 aliphatic carbocycles. The Morgan fingerprint density at radius 3 is 1.16 bits per heavy atom. The lowest BCUT2D eigenvalue weighted by molar-refractivity contribution is -0.167. The van der Waals surface area contributed by atoms with Crippen molar-refractivity contribution in [2.75, 3.05) is 13.2 Å². The molecule has 0 saturated heterocycles. The van der Waals surface area contributed by atoms with Crippen molar-refractivity contribution in [1.82, 2.24) is 0 Å². The molecule has 56 heavy (non-hydrogen) atoms. The zero-order valence-corrected chi connectivity index (χ0v) is 36.4. The highest BCUT2D eigenvalue weighted by Gasteiger charge is 2.19. The molecule has 0 aromatic carbocycles. The number of hydrogen-bond donors (Lipinski definition) is 0. The second kappa shape index (κ2) is 44.6. The molecule has 0 heterocycles. The van der Waals surface area contributed by atoms with Gasteiger partial charge in [0.1, 0.15) is 13.2 Å². The fourth-order valence-electron chi connectivity index (χ4n) is 6.02. The van der Waals surface area contributed by atoms with Gasteiger partial charge in [0.2, 0.25) is 0 Å². The quantitative estimate of drug-likeness (QED) is 0.0267. The van der Waals surface area contributed by atoms with E-state index in [1.165, 1.54) is 57.8 Å². The molecule has 1 unspecified atom stereocenters. The predicted octanol–water partition coefficient (Wildman–Crippen LogP) is 14.7. The maximum Gasteiger partial charge on any atom is 0.306 e. The number of unbranched alkanes of at least 4 members (excludes halogenated alkanes) is 17. The van der Waals surface area contributed by atoms with E-state index < -0.39 is 6.10 Å². The van der Waals surface area contributed by atoms with E-state index in [-0.39, 0.29) is 31.1 Å². The predicted molar refractivity (Wildman–Crippen MR) is 238 cm³/mol. The smallest absolute Gasteiger partial charge is 0.306 e. The molecule has 0 aromatic heterocycles. The molecule has 0 fully saturated rings. The minimum absolute atomic E-state index is 0.0995. The SMILES string of the molecule is CC/C=C\C/C=C\C/C=C\CCCCCCCCC(=O)OCC(COC(=O)CCCC/C=C\C/C=C\CC)OC(=O)CCCCC/C=C\CCCCCCCC. The average molecular weight is 781 g/mol. The standard InChI is InChI=1S/C50H84O6/c1-4-7-10-13-16-19-21-23-24-25-27-28-31-34-37-40-43-49(52)55-46-47(45-54-48(51)42-39-36-33-30-18-15-12-9-6-3)56-50(53)44-41-38-35-32-29-26-22-20-17-14-11-8-5-2/h7,9-10,12,16,18-19,23-24,26,29-30,47H,4-6,8,11,13-15,17,20-22,25,27-28,31-46H2,1-3H3/b10-7-,12-9-,19-16-,24-23-,29-26-,30-18-. The topological polar surface area (TPSA) is 78.9 Å². The fraction of sp³-hybridized carbons (Fsp3) is 0.700. The number of ether oxygens (including phenoxy) is 3. The minimum atomic E-state index is -0.799. The van der Waals surface area contributed by atoms with Crippen LogP contribution >= 0.6 is 0 Å². The van der Waals surface area contributed by atoms with Crippen molar-refractivity contribution in [3.63, 3.8) is 0 Å². The van der Waals surface area contributed by atoms with E-state index in [2.05, 4.69) is 93.7 Å². The third kappa shape index (κ3) is 42.0. The molecule has 0 spiro atoms. The van der Waals surface area contributed by atoms with Gasteiger partial charge in [0.25, 0.3) is 0 Å². The normalized spacial score (nSPS) is 12.7. The molecule has 0 bridgehead atoms. The third-order valence-corrected chi connectivity index (χ3v) is 9.43. The molecule has 0 saturated carbocycles. The first-order valence-electron chi connectivity index (χ1n) is 22.9. The first kappa shape index (κ1) is 52.9. The summed E-state index contributed by atoms with van der Waals surface area (Å²) in [4.78, 5) is 37.7. The molecule has 320 valence electrons. The van der Waals surface area contributed by atoms with E-state index >= 15 is 0 Å². The van der Waals surface area contributed by atoms with Gasteiger partial charge in [-0.25, -0.2) is 0 Å². The third-order valence-electron chi connectivity index (χ3n) is 9.43. The lowest BCUT2D eigenvalue weighted by Crippen LogP contribution is -2.30. The molecule has 6 heteroatoms.